The van der Waals surface area contributed by atoms with Crippen LogP contribution in [0.1, 0.15) is 0 Å². The lowest BCUT2D eigenvalue weighted by Crippen LogP contribution is -2.22. The number of nitrogen functional groups attached to an aromatic ring is 1. The van der Waals surface area contributed by atoms with Gasteiger partial charge in [0, 0.05) is 14.1 Å². The maximum atomic E-state index is 11.3. The maximum absolute atomic E-state index is 11.3. The Morgan fingerprint density at radius 3 is 2.57 bits per heavy atom. The molecule has 0 bridgehead atoms. The van der Waals surface area contributed by atoms with Crippen molar-refractivity contribution in [3.05, 3.63) is 21.0 Å². The highest BCUT2D eigenvalue weighted by Gasteiger charge is 2.11. The van der Waals surface area contributed by atoms with Crippen LogP contribution >= 0.6 is 0 Å². The van der Waals surface area contributed by atoms with Gasteiger partial charge in [-0.3, -0.25) is 14.1 Å². The Kier molecular flexibility index (Phi) is 1.51. The number of aryl methyl sites for hydroxylation is 2. The van der Waals surface area contributed by atoms with Crippen LogP contribution in [0.25, 0.3) is 11.2 Å². The normalized spacial score (nSPS) is 11.0. The molecule has 0 radical (unpaired) electrons. The van der Waals surface area contributed by atoms with E-state index in [2.05, 4.69) is 9.97 Å². The molecule has 0 unspecified atom stereocenters. The molecule has 0 amide bonds. The molecule has 7 nitrogen and oxygen atoms in total. The van der Waals surface area contributed by atoms with Gasteiger partial charge in [0.1, 0.15) is 11.2 Å². The number of anilines is 1. The maximum Gasteiger partial charge on any atom is 0.350 e. The third kappa shape index (κ3) is 0.889. The molecule has 74 valence electrons. The molecule has 0 saturated heterocycles. The van der Waals surface area contributed by atoms with Crippen LogP contribution in [0.5, 0.6) is 0 Å². The number of imidazole rings is 1. The van der Waals surface area contributed by atoms with Crippen LogP contribution in [0.2, 0.25) is 0 Å². The van der Waals surface area contributed by atoms with E-state index >= 15 is 0 Å². The molecule has 2 aromatic heterocycles. The summed E-state index contributed by atoms with van der Waals surface area (Å²) >= 11 is 0. The van der Waals surface area contributed by atoms with Gasteiger partial charge in [0.2, 0.25) is 0 Å². The van der Waals surface area contributed by atoms with Crippen LogP contribution < -0.4 is 17.1 Å². The summed E-state index contributed by atoms with van der Waals surface area (Å²) in [5, 5.41) is 0. The number of fused-ring (bicyclic) bond motifs is 1. The molecule has 2 heterocycles. The molecular weight excluding hydrogens is 186 g/mol. The predicted molar refractivity (Wildman–Crippen MR) is 51.0 cm³/mol. The van der Waals surface area contributed by atoms with Gasteiger partial charge in [-0.05, 0) is 0 Å². The van der Waals surface area contributed by atoms with Crippen LogP contribution in [0, 0.1) is 0 Å². The van der Waals surface area contributed by atoms with Gasteiger partial charge in [-0.2, -0.15) is 4.98 Å². The average Bonchev–Trinajstić information content (AvgIpc) is 2.40. The van der Waals surface area contributed by atoms with Gasteiger partial charge in [-0.25, -0.2) is 9.59 Å². The zero-order valence-corrected chi connectivity index (χ0v) is 7.74. The quantitative estimate of drug-likeness (QED) is 0.536. The van der Waals surface area contributed by atoms with Gasteiger partial charge < -0.3 is 5.73 Å². The van der Waals surface area contributed by atoms with E-state index in [1.807, 2.05) is 0 Å². The zero-order valence-electron chi connectivity index (χ0n) is 7.74. The lowest BCUT2D eigenvalue weighted by molar-refractivity contribution is 0.843. The molecule has 2 aromatic rings. The highest BCUT2D eigenvalue weighted by Crippen LogP contribution is 2.10. The average molecular weight is 195 g/mol. The highest BCUT2D eigenvalue weighted by atomic mass is 16.2. The molecule has 2 rings (SSSR count). The zero-order chi connectivity index (χ0) is 10.5. The number of hydrogen-bond donors (Lipinski definition) is 2. The Morgan fingerprint density at radius 2 is 1.93 bits per heavy atom. The van der Waals surface area contributed by atoms with Gasteiger partial charge >= 0.3 is 11.4 Å². The molecule has 0 atom stereocenters. The van der Waals surface area contributed by atoms with Gasteiger partial charge in [0.05, 0.1) is 0 Å². The fourth-order valence-corrected chi connectivity index (χ4v) is 1.37. The second-order valence-electron chi connectivity index (χ2n) is 3.03. The molecule has 0 saturated carbocycles. The van der Waals surface area contributed by atoms with Crippen LogP contribution in [-0.2, 0) is 14.1 Å². The predicted octanol–water partition coefficient (Wildman–Crippen LogP) is -1.46. The van der Waals surface area contributed by atoms with Crippen LogP contribution in [0.4, 0.5) is 5.82 Å². The molecule has 0 spiro atoms. The summed E-state index contributed by atoms with van der Waals surface area (Å²) in [5.41, 5.74) is 5.55. The Balaban J connectivity index is 3.18. The fourth-order valence-electron chi connectivity index (χ4n) is 1.37. The summed E-state index contributed by atoms with van der Waals surface area (Å²) in [4.78, 5) is 28.6. The van der Waals surface area contributed by atoms with E-state index in [-0.39, 0.29) is 11.5 Å². The Bertz CT molecular complexity index is 617. The van der Waals surface area contributed by atoms with Crippen LogP contribution in [0.3, 0.4) is 0 Å². The number of aromatic nitrogens is 4. The van der Waals surface area contributed by atoms with Crippen LogP contribution in [0.15, 0.2) is 9.59 Å². The number of hydrogen-bond acceptors (Lipinski definition) is 4. The van der Waals surface area contributed by atoms with Crippen molar-refractivity contribution in [2.75, 3.05) is 5.73 Å². The summed E-state index contributed by atoms with van der Waals surface area (Å²) in [6.07, 6.45) is 0. The van der Waals surface area contributed by atoms with Crippen molar-refractivity contribution in [2.45, 2.75) is 0 Å². The van der Waals surface area contributed by atoms with Gasteiger partial charge in [0.15, 0.2) is 5.82 Å². The summed E-state index contributed by atoms with van der Waals surface area (Å²) in [5.74, 6) is 0.0592. The number of nitrogens with zero attached hydrogens (tertiary/aromatic N) is 3. The van der Waals surface area contributed by atoms with Crippen molar-refractivity contribution in [3.8, 4) is 0 Å². The monoisotopic (exact) mass is 195 g/mol. The third-order valence-corrected chi connectivity index (χ3v) is 2.17. The topological polar surface area (TPSA) is 98.7 Å². The first-order chi connectivity index (χ1) is 6.52. The molecule has 0 aromatic carbocycles. The first kappa shape index (κ1) is 8.54. The summed E-state index contributed by atoms with van der Waals surface area (Å²) in [6, 6.07) is 0. The van der Waals surface area contributed by atoms with Crippen molar-refractivity contribution in [2.24, 2.45) is 14.1 Å². The Morgan fingerprint density at radius 1 is 1.29 bits per heavy atom. The smallest absolute Gasteiger partial charge is 0.350 e. The molecule has 0 aliphatic heterocycles. The number of aromatic amines is 1. The molecule has 3 N–H and O–H groups in total. The van der Waals surface area contributed by atoms with Crippen molar-refractivity contribution < 1.29 is 0 Å². The number of rotatable bonds is 0. The van der Waals surface area contributed by atoms with E-state index in [9.17, 15) is 9.59 Å². The van der Waals surface area contributed by atoms with Crippen molar-refractivity contribution in [3.63, 3.8) is 0 Å². The van der Waals surface area contributed by atoms with E-state index in [1.165, 1.54) is 16.2 Å². The first-order valence-corrected chi connectivity index (χ1v) is 3.93. The minimum atomic E-state index is -0.489. The Labute approximate surface area is 77.8 Å². The first-order valence-electron chi connectivity index (χ1n) is 3.93. The summed E-state index contributed by atoms with van der Waals surface area (Å²) < 4.78 is 2.56. The second kappa shape index (κ2) is 2.47. The SMILES string of the molecule is Cn1c(=O)nc(N)c2c1[nH]c(=O)n2C. The van der Waals surface area contributed by atoms with Crippen molar-refractivity contribution in [1.82, 2.24) is 19.1 Å². The summed E-state index contributed by atoms with van der Waals surface area (Å²) in [6.45, 7) is 0. The number of H-pyrrole nitrogens is 1. The molecule has 0 fully saturated rings. The lowest BCUT2D eigenvalue weighted by Gasteiger charge is -2.01. The van der Waals surface area contributed by atoms with Crippen molar-refractivity contribution >= 4 is 17.0 Å². The largest absolute Gasteiger partial charge is 0.382 e. The van der Waals surface area contributed by atoms with E-state index in [0.29, 0.717) is 11.2 Å². The Hall–Kier alpha value is -2.05. The second-order valence-corrected chi connectivity index (χ2v) is 3.03. The minimum absolute atomic E-state index is 0.0592. The van der Waals surface area contributed by atoms with E-state index in [0.717, 1.165) is 0 Å². The lowest BCUT2D eigenvalue weighted by atomic mass is 10.5. The molecule has 7 heteroatoms. The molecule has 0 aliphatic carbocycles. The van der Waals surface area contributed by atoms with Gasteiger partial charge in [-0.1, -0.05) is 0 Å². The minimum Gasteiger partial charge on any atom is -0.382 e. The van der Waals surface area contributed by atoms with Gasteiger partial charge in [-0.15, -0.1) is 0 Å². The van der Waals surface area contributed by atoms with Gasteiger partial charge in [0.25, 0.3) is 0 Å². The van der Waals surface area contributed by atoms with E-state index in [4.69, 9.17) is 5.73 Å². The number of nitrogens with one attached hydrogen (secondary N) is 1. The molecular formula is C7H9N5O2. The van der Waals surface area contributed by atoms with Crippen molar-refractivity contribution in [1.29, 1.82) is 0 Å². The van der Waals surface area contributed by atoms with E-state index < -0.39 is 5.69 Å². The number of nitrogens with two attached hydrogens (primary N) is 1. The van der Waals surface area contributed by atoms with Crippen LogP contribution in [-0.4, -0.2) is 19.1 Å². The molecule has 0 aliphatic rings. The fraction of sp³-hybridized carbons (Fsp3) is 0.286. The third-order valence-electron chi connectivity index (χ3n) is 2.17. The standard InChI is InChI=1S/C7H9N5O2/c1-11-3-4(8)9-6(13)12(2)5(3)10-7(11)14/h1-2H3,(H,10,14)(H2,8,9,13). The van der Waals surface area contributed by atoms with E-state index in [1.54, 1.807) is 7.05 Å². The highest BCUT2D eigenvalue weighted by molar-refractivity contribution is 5.81. The molecule has 14 heavy (non-hydrogen) atoms. The summed E-state index contributed by atoms with van der Waals surface area (Å²) in [7, 11) is 3.08.